The molecule has 0 aliphatic rings. The van der Waals surface area contributed by atoms with Crippen LogP contribution in [0, 0.1) is 0 Å². The van der Waals surface area contributed by atoms with E-state index in [1.54, 1.807) is 19.1 Å². The molecule has 0 aliphatic heterocycles. The molecule has 116 valence electrons. The second kappa shape index (κ2) is 7.67. The third-order valence-electron chi connectivity index (χ3n) is 2.66. The van der Waals surface area contributed by atoms with Crippen LogP contribution in [0.1, 0.15) is 22.8 Å². The summed E-state index contributed by atoms with van der Waals surface area (Å²) >= 11 is 13.3. The largest absolute Gasteiger partial charge is 0.462 e. The van der Waals surface area contributed by atoms with Gasteiger partial charge in [-0.05, 0) is 24.6 Å². The molecule has 2 aromatic rings. The molecule has 0 saturated heterocycles. The summed E-state index contributed by atoms with van der Waals surface area (Å²) in [6.45, 7) is 1.98. The maximum atomic E-state index is 11.6. The number of benzene rings is 1. The fraction of sp³-hybridized carbons (Fsp3) is 0.214. The van der Waals surface area contributed by atoms with Crippen molar-refractivity contribution in [1.29, 1.82) is 0 Å². The number of carbonyl (C=O) groups excluding carboxylic acids is 1. The Labute approximate surface area is 142 Å². The zero-order chi connectivity index (χ0) is 16.1. The van der Waals surface area contributed by atoms with E-state index in [0.717, 1.165) is 5.56 Å². The van der Waals surface area contributed by atoms with Crippen molar-refractivity contribution < 1.29 is 9.53 Å². The summed E-state index contributed by atoms with van der Waals surface area (Å²) in [5, 5.41) is 1.62. The minimum atomic E-state index is -0.530. The van der Waals surface area contributed by atoms with Gasteiger partial charge in [-0.3, -0.25) is 0 Å². The van der Waals surface area contributed by atoms with E-state index in [0.29, 0.717) is 21.0 Å². The quantitative estimate of drug-likeness (QED) is 0.497. The minimum Gasteiger partial charge on any atom is -0.462 e. The fourth-order valence-corrected chi connectivity index (χ4v) is 2.98. The molecule has 5 nitrogen and oxygen atoms in total. The van der Waals surface area contributed by atoms with Crippen LogP contribution in [0.3, 0.4) is 0 Å². The lowest BCUT2D eigenvalue weighted by Crippen LogP contribution is -2.10. The van der Waals surface area contributed by atoms with Crippen molar-refractivity contribution in [3.8, 4) is 0 Å². The minimum absolute atomic E-state index is 0.0955. The van der Waals surface area contributed by atoms with E-state index in [4.69, 9.17) is 33.7 Å². The number of hydrogen-bond acceptors (Lipinski definition) is 6. The summed E-state index contributed by atoms with van der Waals surface area (Å²) in [6.07, 6.45) is 1.37. The van der Waals surface area contributed by atoms with Gasteiger partial charge in [0.15, 0.2) is 5.16 Å². The molecule has 0 aliphatic carbocycles. The van der Waals surface area contributed by atoms with Crippen molar-refractivity contribution in [3.05, 3.63) is 45.6 Å². The zero-order valence-electron chi connectivity index (χ0n) is 11.7. The second-order valence-corrected chi connectivity index (χ2v) is 5.98. The lowest BCUT2D eigenvalue weighted by Gasteiger charge is -2.07. The lowest BCUT2D eigenvalue weighted by atomic mass is 10.2. The van der Waals surface area contributed by atoms with Gasteiger partial charge in [0.05, 0.1) is 6.61 Å². The first-order valence-electron chi connectivity index (χ1n) is 6.37. The number of hydrogen-bond donors (Lipinski definition) is 1. The van der Waals surface area contributed by atoms with E-state index in [-0.39, 0.29) is 18.0 Å². The summed E-state index contributed by atoms with van der Waals surface area (Å²) in [5.74, 6) is 0.129. The van der Waals surface area contributed by atoms with E-state index in [9.17, 15) is 4.79 Å². The van der Waals surface area contributed by atoms with Crippen molar-refractivity contribution >= 4 is 46.8 Å². The third kappa shape index (κ3) is 4.25. The molecule has 0 unspecified atom stereocenters. The highest BCUT2D eigenvalue weighted by atomic mass is 35.5. The summed E-state index contributed by atoms with van der Waals surface area (Å²) in [6, 6.07) is 5.29. The summed E-state index contributed by atoms with van der Waals surface area (Å²) in [5.41, 5.74) is 6.84. The van der Waals surface area contributed by atoms with Crippen LogP contribution in [-0.2, 0) is 10.5 Å². The van der Waals surface area contributed by atoms with Crippen LogP contribution in [-0.4, -0.2) is 22.5 Å². The molecule has 0 spiro atoms. The van der Waals surface area contributed by atoms with Gasteiger partial charge in [-0.2, -0.15) is 0 Å². The Morgan fingerprint density at radius 1 is 1.41 bits per heavy atom. The van der Waals surface area contributed by atoms with Crippen molar-refractivity contribution in [3.63, 3.8) is 0 Å². The van der Waals surface area contributed by atoms with Gasteiger partial charge in [-0.1, -0.05) is 41.0 Å². The zero-order valence-corrected chi connectivity index (χ0v) is 14.0. The molecule has 0 atom stereocenters. The van der Waals surface area contributed by atoms with Gasteiger partial charge in [-0.15, -0.1) is 0 Å². The average Bonchev–Trinajstić information content (AvgIpc) is 2.46. The number of nitrogens with two attached hydrogens (primary N) is 1. The first kappa shape index (κ1) is 16.9. The van der Waals surface area contributed by atoms with Crippen molar-refractivity contribution in [2.45, 2.75) is 17.8 Å². The van der Waals surface area contributed by atoms with Crippen LogP contribution in [0.25, 0.3) is 0 Å². The number of rotatable bonds is 5. The van der Waals surface area contributed by atoms with Gasteiger partial charge in [-0.25, -0.2) is 14.8 Å². The topological polar surface area (TPSA) is 78.1 Å². The number of esters is 1. The summed E-state index contributed by atoms with van der Waals surface area (Å²) in [4.78, 5) is 19.8. The molecule has 0 amide bonds. The van der Waals surface area contributed by atoms with E-state index in [1.807, 2.05) is 6.07 Å². The van der Waals surface area contributed by atoms with Crippen molar-refractivity contribution in [2.24, 2.45) is 0 Å². The maximum Gasteiger partial charge on any atom is 0.343 e. The molecule has 2 rings (SSSR count). The van der Waals surface area contributed by atoms with E-state index in [2.05, 4.69) is 9.97 Å². The molecule has 0 bridgehead atoms. The van der Waals surface area contributed by atoms with Gasteiger partial charge in [0, 0.05) is 22.0 Å². The molecule has 0 radical (unpaired) electrons. The van der Waals surface area contributed by atoms with Gasteiger partial charge >= 0.3 is 5.97 Å². The molecular formula is C14H13Cl2N3O2S. The van der Waals surface area contributed by atoms with Gasteiger partial charge in [0.1, 0.15) is 11.4 Å². The molecule has 8 heteroatoms. The Kier molecular flexibility index (Phi) is 5.88. The van der Waals surface area contributed by atoms with E-state index >= 15 is 0 Å². The smallest absolute Gasteiger partial charge is 0.343 e. The number of carbonyl (C=O) groups is 1. The van der Waals surface area contributed by atoms with Crippen LogP contribution in [0.4, 0.5) is 5.82 Å². The van der Waals surface area contributed by atoms with Gasteiger partial charge in [0.25, 0.3) is 0 Å². The van der Waals surface area contributed by atoms with Crippen LogP contribution < -0.4 is 5.73 Å². The Bertz CT molecular complexity index is 698. The highest BCUT2D eigenvalue weighted by molar-refractivity contribution is 7.98. The van der Waals surface area contributed by atoms with Crippen LogP contribution in [0.5, 0.6) is 0 Å². The summed E-state index contributed by atoms with van der Waals surface area (Å²) < 4.78 is 4.87. The Hall–Kier alpha value is -1.50. The molecule has 1 heterocycles. The maximum absolute atomic E-state index is 11.6. The van der Waals surface area contributed by atoms with Gasteiger partial charge in [0.2, 0.25) is 0 Å². The SMILES string of the molecule is CCOC(=O)c1cnc(SCc2ccc(Cl)cc2Cl)nc1N. The Balaban J connectivity index is 2.08. The van der Waals surface area contributed by atoms with Gasteiger partial charge < -0.3 is 10.5 Å². The predicted octanol–water partition coefficient (Wildman–Crippen LogP) is 3.83. The molecule has 1 aromatic heterocycles. The number of ether oxygens (including phenoxy) is 1. The normalized spacial score (nSPS) is 10.5. The first-order chi connectivity index (χ1) is 10.5. The predicted molar refractivity (Wildman–Crippen MR) is 88.4 cm³/mol. The monoisotopic (exact) mass is 357 g/mol. The number of aromatic nitrogens is 2. The molecule has 1 aromatic carbocycles. The average molecular weight is 358 g/mol. The number of thioether (sulfide) groups is 1. The van der Waals surface area contributed by atoms with Crippen LogP contribution >= 0.6 is 35.0 Å². The highest BCUT2D eigenvalue weighted by Crippen LogP contribution is 2.27. The molecule has 0 fully saturated rings. The number of halogens is 2. The van der Waals surface area contributed by atoms with Crippen LogP contribution in [0.2, 0.25) is 10.0 Å². The second-order valence-electron chi connectivity index (χ2n) is 4.20. The van der Waals surface area contributed by atoms with Crippen molar-refractivity contribution in [1.82, 2.24) is 9.97 Å². The first-order valence-corrected chi connectivity index (χ1v) is 8.11. The number of anilines is 1. The van der Waals surface area contributed by atoms with Crippen LogP contribution in [0.15, 0.2) is 29.6 Å². The summed E-state index contributed by atoms with van der Waals surface area (Å²) in [7, 11) is 0. The third-order valence-corrected chi connectivity index (χ3v) is 4.16. The van der Waals surface area contributed by atoms with E-state index in [1.165, 1.54) is 18.0 Å². The molecular weight excluding hydrogens is 345 g/mol. The lowest BCUT2D eigenvalue weighted by molar-refractivity contribution is 0.0526. The molecule has 0 saturated carbocycles. The highest BCUT2D eigenvalue weighted by Gasteiger charge is 2.14. The number of nitrogen functional groups attached to an aromatic ring is 1. The Morgan fingerprint density at radius 3 is 2.82 bits per heavy atom. The fourth-order valence-electron chi connectivity index (χ4n) is 1.59. The Morgan fingerprint density at radius 2 is 2.18 bits per heavy atom. The molecule has 2 N–H and O–H groups in total. The van der Waals surface area contributed by atoms with Crippen molar-refractivity contribution in [2.75, 3.05) is 12.3 Å². The standard InChI is InChI=1S/C14H13Cl2N3O2S/c1-2-21-13(20)10-6-18-14(19-12(10)17)22-7-8-3-4-9(15)5-11(8)16/h3-6H,2,7H2,1H3,(H2,17,18,19). The number of nitrogens with zero attached hydrogens (tertiary/aromatic N) is 2. The molecule has 22 heavy (non-hydrogen) atoms. The van der Waals surface area contributed by atoms with E-state index < -0.39 is 5.97 Å².